The van der Waals surface area contributed by atoms with Gasteiger partial charge in [-0.15, -0.1) is 33.1 Å². The quantitative estimate of drug-likeness (QED) is 0.777. The highest BCUT2D eigenvalue weighted by atomic mass is 35.5. The summed E-state index contributed by atoms with van der Waals surface area (Å²) in [6, 6.07) is 0.146. The average Bonchev–Trinajstić information content (AvgIpc) is 2.84. The summed E-state index contributed by atoms with van der Waals surface area (Å²) in [6.07, 6.45) is 1.69. The minimum Gasteiger partial charge on any atom is -0.307 e. The monoisotopic (exact) mass is 242 g/mol. The zero-order valence-electron chi connectivity index (χ0n) is 8.51. The van der Waals surface area contributed by atoms with E-state index >= 15 is 0 Å². The molecule has 1 unspecified atom stereocenters. The van der Waals surface area contributed by atoms with E-state index in [1.54, 1.807) is 17.7 Å². The number of nitrogens with zero attached hydrogens (tertiary/aromatic N) is 4. The molecule has 0 aromatic carbocycles. The largest absolute Gasteiger partial charge is 0.307 e. The van der Waals surface area contributed by atoms with Crippen LogP contribution in [0.5, 0.6) is 0 Å². The van der Waals surface area contributed by atoms with E-state index in [9.17, 15) is 0 Å². The van der Waals surface area contributed by atoms with Crippen molar-refractivity contribution in [2.75, 3.05) is 0 Å². The van der Waals surface area contributed by atoms with Crippen molar-refractivity contribution in [2.45, 2.75) is 25.8 Å². The summed E-state index contributed by atoms with van der Waals surface area (Å²) >= 11 is 7.41. The van der Waals surface area contributed by atoms with Crippen LogP contribution in [0.15, 0.2) is 11.7 Å². The molecule has 0 bridgehead atoms. The lowest BCUT2D eigenvalue weighted by molar-refractivity contribution is 0.610. The van der Waals surface area contributed by atoms with Crippen LogP contribution in [0.2, 0.25) is 0 Å². The van der Waals surface area contributed by atoms with Crippen molar-refractivity contribution in [1.82, 2.24) is 19.7 Å². The normalized spacial score (nSPS) is 13.0. The van der Waals surface area contributed by atoms with Gasteiger partial charge in [0.05, 0.1) is 11.9 Å². The predicted molar refractivity (Wildman–Crippen MR) is 60.2 cm³/mol. The molecule has 2 heterocycles. The van der Waals surface area contributed by atoms with Crippen molar-refractivity contribution in [1.29, 1.82) is 0 Å². The smallest absolute Gasteiger partial charge is 0.148 e. The van der Waals surface area contributed by atoms with Gasteiger partial charge in [0, 0.05) is 11.1 Å². The number of hydrogen-bond donors (Lipinski definition) is 0. The second-order valence-electron chi connectivity index (χ2n) is 3.29. The number of halogens is 1. The molecular weight excluding hydrogens is 232 g/mol. The van der Waals surface area contributed by atoms with Gasteiger partial charge in [0.25, 0.3) is 0 Å². The van der Waals surface area contributed by atoms with Gasteiger partial charge < -0.3 is 4.57 Å². The molecule has 15 heavy (non-hydrogen) atoms. The van der Waals surface area contributed by atoms with Crippen LogP contribution in [0.3, 0.4) is 0 Å². The molecule has 2 rings (SSSR count). The molecule has 1 atom stereocenters. The lowest BCUT2D eigenvalue weighted by Gasteiger charge is -2.11. The van der Waals surface area contributed by atoms with Gasteiger partial charge in [-0.2, -0.15) is 0 Å². The van der Waals surface area contributed by atoms with Crippen LogP contribution < -0.4 is 0 Å². The van der Waals surface area contributed by atoms with Crippen LogP contribution in [0, 0.1) is 6.92 Å². The molecule has 0 saturated heterocycles. The molecule has 6 heteroatoms. The Morgan fingerprint density at radius 3 is 3.00 bits per heavy atom. The van der Waals surface area contributed by atoms with Gasteiger partial charge in [0.1, 0.15) is 17.2 Å². The van der Waals surface area contributed by atoms with Crippen LogP contribution in [-0.4, -0.2) is 19.7 Å². The van der Waals surface area contributed by atoms with Gasteiger partial charge in [0.2, 0.25) is 0 Å². The van der Waals surface area contributed by atoms with Crippen molar-refractivity contribution in [3.63, 3.8) is 0 Å². The van der Waals surface area contributed by atoms with Crippen molar-refractivity contribution in [3.8, 4) is 0 Å². The topological polar surface area (TPSA) is 43.6 Å². The highest BCUT2D eigenvalue weighted by Crippen LogP contribution is 2.22. The zero-order valence-corrected chi connectivity index (χ0v) is 10.1. The SMILES string of the molecule is Cc1csc(C(C)n2cnnc2CCl)n1. The molecule has 0 aliphatic carbocycles. The third-order valence-electron chi connectivity index (χ3n) is 2.18. The lowest BCUT2D eigenvalue weighted by Crippen LogP contribution is -2.08. The zero-order chi connectivity index (χ0) is 10.8. The molecule has 0 aliphatic heterocycles. The molecule has 4 nitrogen and oxygen atoms in total. The van der Waals surface area contributed by atoms with E-state index < -0.39 is 0 Å². The van der Waals surface area contributed by atoms with E-state index in [4.69, 9.17) is 11.6 Å². The van der Waals surface area contributed by atoms with Gasteiger partial charge in [-0.1, -0.05) is 0 Å². The number of hydrogen-bond acceptors (Lipinski definition) is 4. The number of aromatic nitrogens is 4. The van der Waals surface area contributed by atoms with Gasteiger partial charge in [0.15, 0.2) is 0 Å². The van der Waals surface area contributed by atoms with Gasteiger partial charge in [-0.25, -0.2) is 4.98 Å². The fourth-order valence-corrected chi connectivity index (χ4v) is 2.41. The van der Waals surface area contributed by atoms with E-state index in [-0.39, 0.29) is 6.04 Å². The molecule has 2 aromatic rings. The first kappa shape index (κ1) is 10.6. The molecule has 80 valence electrons. The van der Waals surface area contributed by atoms with Crippen LogP contribution >= 0.6 is 22.9 Å². The van der Waals surface area contributed by atoms with Crippen molar-refractivity contribution in [3.05, 3.63) is 28.2 Å². The van der Waals surface area contributed by atoms with Gasteiger partial charge in [-0.3, -0.25) is 0 Å². The van der Waals surface area contributed by atoms with Crippen LogP contribution in [0.4, 0.5) is 0 Å². The van der Waals surface area contributed by atoms with E-state index in [2.05, 4.69) is 22.1 Å². The third-order valence-corrected chi connectivity index (χ3v) is 3.55. The summed E-state index contributed by atoms with van der Waals surface area (Å²) in [5.41, 5.74) is 1.04. The van der Waals surface area contributed by atoms with E-state index in [1.165, 1.54) is 0 Å². The van der Waals surface area contributed by atoms with Crippen LogP contribution in [0.1, 0.15) is 29.5 Å². The maximum absolute atomic E-state index is 5.77. The second-order valence-corrected chi connectivity index (χ2v) is 4.45. The van der Waals surface area contributed by atoms with Crippen LogP contribution in [-0.2, 0) is 5.88 Å². The first-order valence-corrected chi connectivity index (χ1v) is 6.00. The number of aryl methyl sites for hydroxylation is 1. The highest BCUT2D eigenvalue weighted by molar-refractivity contribution is 7.09. The number of rotatable bonds is 3. The molecule has 0 amide bonds. The Balaban J connectivity index is 2.31. The first-order valence-electron chi connectivity index (χ1n) is 4.58. The van der Waals surface area contributed by atoms with Gasteiger partial charge in [-0.05, 0) is 13.8 Å². The molecule has 0 N–H and O–H groups in total. The van der Waals surface area contributed by atoms with Crippen molar-refractivity contribution < 1.29 is 0 Å². The molecule has 2 aromatic heterocycles. The summed E-state index contributed by atoms with van der Waals surface area (Å²) in [5.74, 6) is 1.14. The Morgan fingerprint density at radius 2 is 2.40 bits per heavy atom. The van der Waals surface area contributed by atoms with Crippen LogP contribution in [0.25, 0.3) is 0 Å². The Labute approximate surface area is 96.9 Å². The average molecular weight is 243 g/mol. The molecule has 0 radical (unpaired) electrons. The predicted octanol–water partition coefficient (Wildman–Crippen LogP) is 2.39. The fourth-order valence-electron chi connectivity index (χ4n) is 1.37. The molecule has 0 spiro atoms. The Morgan fingerprint density at radius 1 is 1.60 bits per heavy atom. The molecule has 0 saturated carbocycles. The van der Waals surface area contributed by atoms with Gasteiger partial charge >= 0.3 is 0 Å². The summed E-state index contributed by atoms with van der Waals surface area (Å²) in [6.45, 7) is 4.05. The van der Waals surface area contributed by atoms with E-state index in [0.29, 0.717) is 5.88 Å². The van der Waals surface area contributed by atoms with E-state index in [0.717, 1.165) is 16.5 Å². The maximum atomic E-state index is 5.77. The lowest BCUT2D eigenvalue weighted by atomic mass is 10.3. The Kier molecular flexibility index (Phi) is 3.02. The number of thiazole rings is 1. The Hall–Kier alpha value is -0.940. The molecule has 0 fully saturated rings. The minimum atomic E-state index is 0.146. The van der Waals surface area contributed by atoms with Crippen molar-refractivity contribution in [2.24, 2.45) is 0 Å². The number of alkyl halides is 1. The first-order chi connectivity index (χ1) is 7.22. The highest BCUT2D eigenvalue weighted by Gasteiger charge is 2.14. The summed E-state index contributed by atoms with van der Waals surface area (Å²) in [5, 5.41) is 10.9. The molecular formula is C9H11ClN4S. The summed E-state index contributed by atoms with van der Waals surface area (Å²) < 4.78 is 1.95. The molecule has 0 aliphatic rings. The summed E-state index contributed by atoms with van der Waals surface area (Å²) in [7, 11) is 0. The third kappa shape index (κ3) is 2.03. The standard InChI is InChI=1S/C9H11ClN4S/c1-6-4-15-9(12-6)7(2)14-5-11-13-8(14)3-10/h4-5,7H,3H2,1-2H3. The fraction of sp³-hybridized carbons (Fsp3) is 0.444. The Bertz CT molecular complexity index is 450. The van der Waals surface area contributed by atoms with Crippen molar-refractivity contribution >= 4 is 22.9 Å². The second kappa shape index (κ2) is 4.28. The van der Waals surface area contributed by atoms with E-state index in [1.807, 2.05) is 16.9 Å². The minimum absolute atomic E-state index is 0.146. The maximum Gasteiger partial charge on any atom is 0.148 e. The summed E-state index contributed by atoms with van der Waals surface area (Å²) in [4.78, 5) is 4.44.